The van der Waals surface area contributed by atoms with Gasteiger partial charge in [0.15, 0.2) is 6.61 Å². The number of carbonyl (C=O) groups is 1. The number of hydrogen-bond donors (Lipinski definition) is 2. The van der Waals surface area contributed by atoms with E-state index in [4.69, 9.17) is 4.74 Å². The maximum Gasteiger partial charge on any atom is 0.280 e. The summed E-state index contributed by atoms with van der Waals surface area (Å²) < 4.78 is 7.14. The maximum absolute atomic E-state index is 12.7. The molecule has 0 atom stereocenters. The van der Waals surface area contributed by atoms with E-state index in [2.05, 4.69) is 15.6 Å². The highest BCUT2D eigenvalue weighted by atomic mass is 16.5. The van der Waals surface area contributed by atoms with Crippen LogP contribution in [0, 0.1) is 6.92 Å². The molecule has 0 unspecified atom stereocenters. The summed E-state index contributed by atoms with van der Waals surface area (Å²) in [6, 6.07) is 26.5. The minimum atomic E-state index is -0.430. The number of hydrogen-bond acceptors (Lipinski definition) is 4. The van der Waals surface area contributed by atoms with Crippen molar-refractivity contribution in [1.29, 1.82) is 0 Å². The molecule has 0 spiro atoms. The zero-order valence-corrected chi connectivity index (χ0v) is 17.5. The van der Waals surface area contributed by atoms with Crippen molar-refractivity contribution in [1.82, 2.24) is 15.2 Å². The molecule has 1 amide bonds. The van der Waals surface area contributed by atoms with Crippen LogP contribution < -0.4 is 15.7 Å². The van der Waals surface area contributed by atoms with Gasteiger partial charge in [0.2, 0.25) is 0 Å². The van der Waals surface area contributed by atoms with Crippen molar-refractivity contribution in [2.45, 2.75) is 6.92 Å². The second-order valence-corrected chi connectivity index (χ2v) is 7.07. The minimum Gasteiger partial charge on any atom is -0.483 e. The van der Waals surface area contributed by atoms with Gasteiger partial charge in [-0.05, 0) is 30.7 Å². The number of ether oxygens (including phenoxy) is 1. The smallest absolute Gasteiger partial charge is 0.280 e. The van der Waals surface area contributed by atoms with Gasteiger partial charge in [-0.3, -0.25) is 14.7 Å². The summed E-state index contributed by atoms with van der Waals surface area (Å²) in [6.07, 6.45) is 1.34. The van der Waals surface area contributed by atoms with Gasteiger partial charge in [0.1, 0.15) is 5.75 Å². The Morgan fingerprint density at radius 1 is 1.00 bits per heavy atom. The first-order valence-corrected chi connectivity index (χ1v) is 10.1. The minimum absolute atomic E-state index is 0.207. The molecule has 1 aromatic heterocycles. The van der Waals surface area contributed by atoms with Gasteiger partial charge in [0.25, 0.3) is 11.5 Å². The Kier molecular flexibility index (Phi) is 6.27. The molecule has 0 aliphatic heterocycles. The van der Waals surface area contributed by atoms with Gasteiger partial charge in [-0.25, -0.2) is 10.1 Å². The predicted molar refractivity (Wildman–Crippen MR) is 124 cm³/mol. The highest BCUT2D eigenvalue weighted by Gasteiger charge is 2.11. The van der Waals surface area contributed by atoms with Crippen LogP contribution in [0.15, 0.2) is 94.8 Å². The van der Waals surface area contributed by atoms with Crippen LogP contribution in [-0.2, 0) is 4.79 Å². The van der Waals surface area contributed by atoms with Crippen LogP contribution in [0.25, 0.3) is 16.8 Å². The highest BCUT2D eigenvalue weighted by molar-refractivity contribution is 5.83. The molecule has 0 saturated carbocycles. The summed E-state index contributed by atoms with van der Waals surface area (Å²) in [7, 11) is 0. The van der Waals surface area contributed by atoms with E-state index < -0.39 is 5.91 Å². The van der Waals surface area contributed by atoms with E-state index in [1.807, 2.05) is 84.9 Å². The summed E-state index contributed by atoms with van der Waals surface area (Å²) in [6.45, 7) is 1.56. The lowest BCUT2D eigenvalue weighted by Crippen LogP contribution is -2.25. The number of nitrogens with zero attached hydrogens (tertiary/aromatic N) is 2. The second-order valence-electron chi connectivity index (χ2n) is 7.07. The Hall–Kier alpha value is -4.39. The van der Waals surface area contributed by atoms with Gasteiger partial charge in [-0.1, -0.05) is 66.7 Å². The van der Waals surface area contributed by atoms with E-state index in [0.717, 1.165) is 16.8 Å². The average Bonchev–Trinajstić information content (AvgIpc) is 3.12. The highest BCUT2D eigenvalue weighted by Crippen LogP contribution is 2.29. The van der Waals surface area contributed by atoms with Crippen molar-refractivity contribution in [2.24, 2.45) is 5.10 Å². The molecule has 3 aromatic carbocycles. The monoisotopic (exact) mass is 426 g/mol. The van der Waals surface area contributed by atoms with E-state index in [-0.39, 0.29) is 12.2 Å². The Morgan fingerprint density at radius 3 is 2.41 bits per heavy atom. The molecule has 1 heterocycles. The van der Waals surface area contributed by atoms with Crippen molar-refractivity contribution in [3.63, 3.8) is 0 Å². The van der Waals surface area contributed by atoms with E-state index in [1.165, 1.54) is 10.9 Å². The van der Waals surface area contributed by atoms with E-state index >= 15 is 0 Å². The molecule has 7 nitrogen and oxygen atoms in total. The fraction of sp³-hybridized carbons (Fsp3) is 0.0800. The first-order chi connectivity index (χ1) is 15.6. The van der Waals surface area contributed by atoms with E-state index in [9.17, 15) is 9.59 Å². The normalized spacial score (nSPS) is 10.9. The summed E-state index contributed by atoms with van der Waals surface area (Å²) >= 11 is 0. The molecule has 0 aliphatic carbocycles. The fourth-order valence-corrected chi connectivity index (χ4v) is 3.26. The Balaban J connectivity index is 1.40. The zero-order valence-electron chi connectivity index (χ0n) is 17.5. The largest absolute Gasteiger partial charge is 0.483 e. The molecular weight excluding hydrogens is 404 g/mol. The lowest BCUT2D eigenvalue weighted by Gasteiger charge is -2.10. The SMILES string of the molecule is Cc1[nH]n(-c2ccccc2)c(=O)c1C=NNC(=O)COc1ccccc1-c1ccccc1. The van der Waals surface area contributed by atoms with Crippen molar-refractivity contribution < 1.29 is 9.53 Å². The molecule has 0 saturated heterocycles. The number of nitrogens with one attached hydrogen (secondary N) is 2. The van der Waals surface area contributed by atoms with Crippen LogP contribution in [0.1, 0.15) is 11.3 Å². The van der Waals surface area contributed by atoms with Gasteiger partial charge in [-0.15, -0.1) is 0 Å². The van der Waals surface area contributed by atoms with E-state index in [1.54, 1.807) is 6.92 Å². The third-order valence-corrected chi connectivity index (χ3v) is 4.84. The standard InChI is InChI=1S/C25H22N4O3/c1-18-22(25(31)29(28-18)20-12-6-3-7-13-20)16-26-27-24(30)17-32-23-15-9-8-14-21(23)19-10-4-2-5-11-19/h2-16,28H,17H2,1H3,(H,27,30). The number of benzene rings is 3. The number of aromatic amines is 1. The Labute approximate surface area is 185 Å². The van der Waals surface area contributed by atoms with Crippen molar-refractivity contribution >= 4 is 12.1 Å². The summed E-state index contributed by atoms with van der Waals surface area (Å²) in [5, 5.41) is 6.94. The molecule has 0 radical (unpaired) electrons. The lowest BCUT2D eigenvalue weighted by atomic mass is 10.1. The quantitative estimate of drug-likeness (QED) is 0.349. The number of H-pyrrole nitrogens is 1. The number of amides is 1. The summed E-state index contributed by atoms with van der Waals surface area (Å²) in [5.41, 5.74) is 5.78. The van der Waals surface area contributed by atoms with Gasteiger partial charge < -0.3 is 4.74 Å². The zero-order chi connectivity index (χ0) is 22.3. The molecular formula is C25H22N4O3. The fourth-order valence-electron chi connectivity index (χ4n) is 3.26. The molecule has 2 N–H and O–H groups in total. The maximum atomic E-state index is 12.7. The first kappa shape index (κ1) is 20.9. The molecule has 32 heavy (non-hydrogen) atoms. The number of aryl methyl sites for hydroxylation is 1. The lowest BCUT2D eigenvalue weighted by molar-refractivity contribution is -0.123. The molecule has 7 heteroatoms. The Morgan fingerprint density at radius 2 is 1.66 bits per heavy atom. The van der Waals surface area contributed by atoms with Crippen LogP contribution in [0.5, 0.6) is 5.75 Å². The van der Waals surface area contributed by atoms with Gasteiger partial charge in [-0.2, -0.15) is 5.10 Å². The molecule has 160 valence electrons. The topological polar surface area (TPSA) is 88.5 Å². The molecule has 0 bridgehead atoms. The van der Waals surface area contributed by atoms with Crippen LogP contribution >= 0.6 is 0 Å². The molecule has 4 aromatic rings. The number of carbonyl (C=O) groups excluding carboxylic acids is 1. The molecule has 4 rings (SSSR count). The van der Waals surface area contributed by atoms with Crippen molar-refractivity contribution in [3.05, 3.63) is 107 Å². The van der Waals surface area contributed by atoms with E-state index in [0.29, 0.717) is 17.0 Å². The van der Waals surface area contributed by atoms with Crippen LogP contribution in [0.4, 0.5) is 0 Å². The van der Waals surface area contributed by atoms with Crippen molar-refractivity contribution in [2.75, 3.05) is 6.61 Å². The first-order valence-electron chi connectivity index (χ1n) is 10.1. The predicted octanol–water partition coefficient (Wildman–Crippen LogP) is 3.67. The third kappa shape index (κ3) is 4.67. The van der Waals surface area contributed by atoms with Crippen LogP contribution in [-0.4, -0.2) is 28.5 Å². The number of para-hydroxylation sites is 2. The average molecular weight is 426 g/mol. The number of hydrazone groups is 1. The third-order valence-electron chi connectivity index (χ3n) is 4.84. The van der Waals surface area contributed by atoms with Crippen LogP contribution in [0.2, 0.25) is 0 Å². The molecule has 0 aliphatic rings. The number of rotatable bonds is 7. The molecule has 0 fully saturated rings. The van der Waals surface area contributed by atoms with Gasteiger partial charge in [0, 0.05) is 11.3 Å². The van der Waals surface area contributed by atoms with Crippen LogP contribution in [0.3, 0.4) is 0 Å². The Bertz CT molecular complexity index is 1290. The van der Waals surface area contributed by atoms with Gasteiger partial charge in [0.05, 0.1) is 17.5 Å². The van der Waals surface area contributed by atoms with Gasteiger partial charge >= 0.3 is 0 Å². The summed E-state index contributed by atoms with van der Waals surface area (Å²) in [5.74, 6) is 0.172. The number of aromatic nitrogens is 2. The summed E-state index contributed by atoms with van der Waals surface area (Å²) in [4.78, 5) is 24.9. The second kappa shape index (κ2) is 9.61. The van der Waals surface area contributed by atoms with Crippen molar-refractivity contribution in [3.8, 4) is 22.6 Å².